The number of carboxylic acid groups (broad SMARTS) is 1. The first kappa shape index (κ1) is 23.0. The molecule has 6 nitrogen and oxygen atoms in total. The van der Waals surface area contributed by atoms with Crippen LogP contribution in [0.1, 0.15) is 57.6 Å². The molecule has 1 aromatic rings. The molecule has 1 unspecified atom stereocenters. The van der Waals surface area contributed by atoms with Gasteiger partial charge in [0.15, 0.2) is 0 Å². The Morgan fingerprint density at radius 3 is 2.75 bits per heavy atom. The topological polar surface area (TPSA) is 90.8 Å². The third-order valence-electron chi connectivity index (χ3n) is 5.57. The molecule has 1 aliphatic heterocycles. The van der Waals surface area contributed by atoms with Gasteiger partial charge < -0.3 is 20.3 Å². The van der Waals surface area contributed by atoms with Crippen LogP contribution < -0.4 is 15.4 Å². The fourth-order valence-corrected chi connectivity index (χ4v) is 4.98. The number of fused-ring (bicyclic) bond motifs is 1. The largest absolute Gasteiger partial charge is 0.496 e. The number of rotatable bonds is 10. The van der Waals surface area contributed by atoms with Gasteiger partial charge >= 0.3 is 5.97 Å². The van der Waals surface area contributed by atoms with E-state index in [0.29, 0.717) is 6.54 Å². The maximum Gasteiger partial charge on any atom is 0.323 e. The van der Waals surface area contributed by atoms with E-state index < -0.39 is 18.1 Å². The molecule has 1 aliphatic rings. The first-order chi connectivity index (χ1) is 13.4. The Bertz CT molecular complexity index is 668. The highest BCUT2D eigenvalue weighted by molar-refractivity contribution is 7.99. The highest BCUT2D eigenvalue weighted by atomic mass is 32.2. The van der Waals surface area contributed by atoms with Crippen molar-refractivity contribution >= 4 is 17.7 Å². The number of unbranched alkanes of at least 4 members (excludes halogenated alkanes) is 1. The summed E-state index contributed by atoms with van der Waals surface area (Å²) in [6.45, 7) is 7.07. The van der Waals surface area contributed by atoms with E-state index in [9.17, 15) is 15.0 Å². The molecule has 0 fully saturated rings. The first-order valence-electron chi connectivity index (χ1n) is 10.1. The van der Waals surface area contributed by atoms with E-state index in [1.807, 2.05) is 11.8 Å². The number of hydrogen-bond acceptors (Lipinski definition) is 6. The van der Waals surface area contributed by atoms with Gasteiger partial charge in [-0.3, -0.25) is 10.1 Å². The van der Waals surface area contributed by atoms with Crippen molar-refractivity contribution in [1.82, 2.24) is 10.6 Å². The molecular formula is C21H34N2O4S. The van der Waals surface area contributed by atoms with E-state index in [2.05, 4.69) is 36.6 Å². The van der Waals surface area contributed by atoms with Crippen molar-refractivity contribution in [3.8, 4) is 5.75 Å². The van der Waals surface area contributed by atoms with Gasteiger partial charge in [-0.2, -0.15) is 0 Å². The van der Waals surface area contributed by atoms with Crippen LogP contribution in [-0.4, -0.2) is 46.7 Å². The molecule has 0 saturated carbocycles. The molecule has 28 heavy (non-hydrogen) atoms. The van der Waals surface area contributed by atoms with Crippen molar-refractivity contribution in [2.24, 2.45) is 0 Å². The monoisotopic (exact) mass is 410 g/mol. The van der Waals surface area contributed by atoms with Crippen LogP contribution in [0.4, 0.5) is 0 Å². The number of nitrogens with one attached hydrogen (secondary N) is 2. The van der Waals surface area contributed by atoms with Gasteiger partial charge in [0, 0.05) is 34.8 Å². The average Bonchev–Trinajstić information content (AvgIpc) is 2.85. The number of thioether (sulfide) groups is 1. The van der Waals surface area contributed by atoms with E-state index in [1.165, 1.54) is 36.6 Å². The van der Waals surface area contributed by atoms with Crippen molar-refractivity contribution in [1.29, 1.82) is 0 Å². The van der Waals surface area contributed by atoms with Crippen LogP contribution in [0.5, 0.6) is 5.75 Å². The lowest BCUT2D eigenvalue weighted by molar-refractivity contribution is -0.142. The fourth-order valence-electron chi connectivity index (χ4n) is 3.56. The molecule has 0 amide bonds. The molecule has 0 spiro atoms. The normalized spacial score (nSPS) is 21.5. The maximum absolute atomic E-state index is 11.3. The zero-order valence-corrected chi connectivity index (χ0v) is 18.2. The molecule has 7 heteroatoms. The molecule has 1 heterocycles. The van der Waals surface area contributed by atoms with Crippen molar-refractivity contribution in [3.63, 3.8) is 0 Å². The van der Waals surface area contributed by atoms with E-state index in [0.717, 1.165) is 30.0 Å². The molecule has 3 atom stereocenters. The van der Waals surface area contributed by atoms with Crippen LogP contribution >= 0.6 is 11.8 Å². The van der Waals surface area contributed by atoms with E-state index >= 15 is 0 Å². The minimum absolute atomic E-state index is 0.145. The number of ether oxygens (including phenoxy) is 1. The summed E-state index contributed by atoms with van der Waals surface area (Å²) in [7, 11) is 1.63. The molecular weight excluding hydrogens is 376 g/mol. The lowest BCUT2D eigenvalue weighted by Gasteiger charge is -2.32. The van der Waals surface area contributed by atoms with Gasteiger partial charge in [0.25, 0.3) is 0 Å². The zero-order valence-electron chi connectivity index (χ0n) is 17.4. The first-order valence-corrected chi connectivity index (χ1v) is 11.1. The van der Waals surface area contributed by atoms with Gasteiger partial charge in [-0.1, -0.05) is 26.7 Å². The third kappa shape index (κ3) is 5.63. The van der Waals surface area contributed by atoms with Crippen LogP contribution in [0, 0.1) is 0 Å². The quantitative estimate of drug-likeness (QED) is 0.471. The molecule has 1 aromatic carbocycles. The van der Waals surface area contributed by atoms with E-state index in [-0.39, 0.29) is 5.54 Å². The summed E-state index contributed by atoms with van der Waals surface area (Å²) in [4.78, 5) is 12.5. The lowest BCUT2D eigenvalue weighted by Crippen LogP contribution is -2.45. The standard InChI is InChI=1S/C21H34N2O4S/c1-5-7-8-21(6-2)13-28-18-10-15(11-22-19(14(3)24)20(25)26)17(27-4)9-16(18)12-23-21/h9-10,14,19,22-24H,5-8,11-13H2,1-4H3,(H,25,26)/t14-,19?,21-/m1/s1. The molecule has 0 aromatic heterocycles. The summed E-state index contributed by atoms with van der Waals surface area (Å²) < 4.78 is 5.56. The molecule has 0 saturated heterocycles. The van der Waals surface area contributed by atoms with Crippen LogP contribution in [0.2, 0.25) is 0 Å². The number of aliphatic hydroxyl groups is 1. The number of benzene rings is 1. The van der Waals surface area contributed by atoms with Crippen LogP contribution in [0.15, 0.2) is 17.0 Å². The van der Waals surface area contributed by atoms with Crippen molar-refractivity contribution in [2.75, 3.05) is 12.9 Å². The van der Waals surface area contributed by atoms with E-state index in [1.54, 1.807) is 7.11 Å². The minimum Gasteiger partial charge on any atom is -0.496 e. The Kier molecular flexibility index (Phi) is 8.61. The maximum atomic E-state index is 11.3. The molecule has 0 radical (unpaired) electrons. The fraction of sp³-hybridized carbons (Fsp3) is 0.667. The summed E-state index contributed by atoms with van der Waals surface area (Å²) >= 11 is 1.86. The summed E-state index contributed by atoms with van der Waals surface area (Å²) in [6, 6.07) is 3.13. The molecule has 0 aliphatic carbocycles. The Morgan fingerprint density at radius 2 is 2.18 bits per heavy atom. The second-order valence-corrected chi connectivity index (χ2v) is 8.61. The number of hydrogen-bond donors (Lipinski definition) is 4. The van der Waals surface area contributed by atoms with Crippen LogP contribution in [0.3, 0.4) is 0 Å². The number of aliphatic carboxylic acids is 1. The predicted molar refractivity (Wildman–Crippen MR) is 113 cm³/mol. The van der Waals surface area contributed by atoms with Crippen LogP contribution in [0.25, 0.3) is 0 Å². The van der Waals surface area contributed by atoms with Gasteiger partial charge in [-0.15, -0.1) is 11.8 Å². The van der Waals surface area contributed by atoms with Gasteiger partial charge in [-0.05, 0) is 37.5 Å². The zero-order chi connectivity index (χ0) is 20.7. The molecule has 2 rings (SSSR count). The number of aliphatic hydroxyl groups excluding tert-OH is 1. The highest BCUT2D eigenvalue weighted by Gasteiger charge is 2.31. The van der Waals surface area contributed by atoms with Crippen LogP contribution in [-0.2, 0) is 17.9 Å². The SMILES string of the molecule is CCCC[C@]1(CC)CSc2cc(CNC(C(=O)O)[C@@H](C)O)c(OC)cc2CN1. The Morgan fingerprint density at radius 1 is 1.43 bits per heavy atom. The predicted octanol–water partition coefficient (Wildman–Crippen LogP) is 3.15. The van der Waals surface area contributed by atoms with Gasteiger partial charge in [-0.25, -0.2) is 0 Å². The van der Waals surface area contributed by atoms with Gasteiger partial charge in [0.05, 0.1) is 13.2 Å². The second kappa shape index (κ2) is 10.5. The number of methoxy groups -OCH3 is 1. The minimum atomic E-state index is -1.06. The van der Waals surface area contributed by atoms with Crippen molar-refractivity contribution in [2.45, 2.75) is 82.1 Å². The smallest absolute Gasteiger partial charge is 0.323 e. The molecule has 4 N–H and O–H groups in total. The molecule has 158 valence electrons. The number of carbonyl (C=O) groups is 1. The number of carboxylic acids is 1. The van der Waals surface area contributed by atoms with E-state index in [4.69, 9.17) is 4.74 Å². The third-order valence-corrected chi connectivity index (χ3v) is 6.96. The van der Waals surface area contributed by atoms with Crippen molar-refractivity contribution < 1.29 is 19.7 Å². The van der Waals surface area contributed by atoms with Gasteiger partial charge in [0.1, 0.15) is 11.8 Å². The Hall–Kier alpha value is -1.28. The van der Waals surface area contributed by atoms with Gasteiger partial charge in [0.2, 0.25) is 0 Å². The summed E-state index contributed by atoms with van der Waals surface area (Å²) in [5.74, 6) is 0.688. The van der Waals surface area contributed by atoms with Crippen molar-refractivity contribution in [3.05, 3.63) is 23.3 Å². The Labute approximate surface area is 172 Å². The lowest BCUT2D eigenvalue weighted by atomic mass is 9.91. The summed E-state index contributed by atoms with van der Waals surface area (Å²) in [6.07, 6.45) is 3.69. The highest BCUT2D eigenvalue weighted by Crippen LogP contribution is 2.37. The Balaban J connectivity index is 2.20. The summed E-state index contributed by atoms with van der Waals surface area (Å²) in [5, 5.41) is 25.7. The average molecular weight is 411 g/mol. The second-order valence-electron chi connectivity index (χ2n) is 7.59. The molecule has 0 bridgehead atoms. The summed E-state index contributed by atoms with van der Waals surface area (Å²) in [5.41, 5.74) is 2.26.